The summed E-state index contributed by atoms with van der Waals surface area (Å²) in [6.45, 7) is 21.7. The maximum Gasteiger partial charge on any atom is 0.0583 e. The van der Waals surface area contributed by atoms with Crippen LogP contribution in [0.3, 0.4) is 0 Å². The molecule has 2 nitrogen and oxygen atoms in total. The summed E-state index contributed by atoms with van der Waals surface area (Å²) in [5.74, 6) is 2.19. The molecule has 0 aromatic carbocycles. The van der Waals surface area contributed by atoms with Crippen molar-refractivity contribution >= 4 is 0 Å². The van der Waals surface area contributed by atoms with Crippen molar-refractivity contribution < 1.29 is 9.47 Å². The van der Waals surface area contributed by atoms with Gasteiger partial charge in [0.05, 0.1) is 12.7 Å². The second-order valence-electron chi connectivity index (χ2n) is 10.8. The first-order chi connectivity index (χ1) is 11.5. The molecular weight excluding hydrogens is 308 g/mol. The van der Waals surface area contributed by atoms with Crippen LogP contribution in [0.4, 0.5) is 0 Å². The van der Waals surface area contributed by atoms with Crippen LogP contribution < -0.4 is 0 Å². The molecule has 4 unspecified atom stereocenters. The van der Waals surface area contributed by atoms with Crippen molar-refractivity contribution in [1.29, 1.82) is 0 Å². The molecular formula is C23H44O2. The van der Waals surface area contributed by atoms with E-state index in [-0.39, 0.29) is 5.41 Å². The molecule has 0 amide bonds. The Kier molecular flexibility index (Phi) is 6.69. The molecule has 0 heterocycles. The minimum Gasteiger partial charge on any atom is -0.381 e. The first-order valence-electron chi connectivity index (χ1n) is 10.7. The summed E-state index contributed by atoms with van der Waals surface area (Å²) in [5, 5.41) is 0. The van der Waals surface area contributed by atoms with E-state index in [0.29, 0.717) is 22.9 Å². The van der Waals surface area contributed by atoms with Gasteiger partial charge in [-0.3, -0.25) is 0 Å². The molecule has 0 spiro atoms. The van der Waals surface area contributed by atoms with Crippen molar-refractivity contribution in [3.05, 3.63) is 0 Å². The Morgan fingerprint density at radius 2 is 1.64 bits per heavy atom. The third-order valence-electron chi connectivity index (χ3n) is 7.72. The minimum atomic E-state index is 0.250. The zero-order chi connectivity index (χ0) is 18.9. The van der Waals surface area contributed by atoms with Crippen LogP contribution in [-0.2, 0) is 9.47 Å². The highest BCUT2D eigenvalue weighted by molar-refractivity contribution is 5.04. The molecule has 2 aliphatic rings. The predicted molar refractivity (Wildman–Crippen MR) is 107 cm³/mol. The molecule has 2 heteroatoms. The summed E-state index contributed by atoms with van der Waals surface area (Å²) in [5.41, 5.74) is 0.984. The highest BCUT2D eigenvalue weighted by Gasteiger charge is 2.55. The number of rotatable bonds is 7. The standard InChI is InChI=1S/C23H44O2/c1-9-20-18(15-24-10-2)13-23(8,22(20,6)7)16-25-19-11-17(3)12-21(4,5)14-19/h17-20H,9-16H2,1-8H3/t17?,18?,19?,20?,23-/m0/s1. The zero-order valence-electron chi connectivity index (χ0n) is 18.3. The summed E-state index contributed by atoms with van der Waals surface area (Å²) < 4.78 is 12.4. The molecule has 2 aliphatic carbocycles. The summed E-state index contributed by atoms with van der Waals surface area (Å²) >= 11 is 0. The fraction of sp³-hybridized carbons (Fsp3) is 1.00. The van der Waals surface area contributed by atoms with Crippen molar-refractivity contribution in [2.45, 2.75) is 93.6 Å². The van der Waals surface area contributed by atoms with Gasteiger partial charge in [0.1, 0.15) is 0 Å². The molecule has 2 fully saturated rings. The van der Waals surface area contributed by atoms with Crippen LogP contribution in [0.2, 0.25) is 0 Å². The van der Waals surface area contributed by atoms with Crippen LogP contribution in [0.1, 0.15) is 87.5 Å². The van der Waals surface area contributed by atoms with Crippen LogP contribution in [0.5, 0.6) is 0 Å². The van der Waals surface area contributed by atoms with Gasteiger partial charge in [-0.05, 0) is 66.6 Å². The summed E-state index contributed by atoms with van der Waals surface area (Å²) in [6.07, 6.45) is 6.71. The van der Waals surface area contributed by atoms with Crippen molar-refractivity contribution in [2.24, 2.45) is 34.0 Å². The van der Waals surface area contributed by atoms with E-state index in [1.807, 2.05) is 0 Å². The van der Waals surface area contributed by atoms with E-state index in [0.717, 1.165) is 31.7 Å². The molecule has 0 bridgehead atoms. The maximum atomic E-state index is 6.62. The lowest BCUT2D eigenvalue weighted by Crippen LogP contribution is -2.41. The van der Waals surface area contributed by atoms with Gasteiger partial charge in [0.25, 0.3) is 0 Å². The number of hydrogen-bond acceptors (Lipinski definition) is 2. The molecule has 5 atom stereocenters. The Morgan fingerprint density at radius 1 is 0.960 bits per heavy atom. The Morgan fingerprint density at radius 3 is 2.20 bits per heavy atom. The van der Waals surface area contributed by atoms with Gasteiger partial charge < -0.3 is 9.47 Å². The highest BCUT2D eigenvalue weighted by atomic mass is 16.5. The fourth-order valence-electron chi connectivity index (χ4n) is 6.24. The van der Waals surface area contributed by atoms with Crippen molar-refractivity contribution in [3.8, 4) is 0 Å². The molecule has 2 rings (SSSR count). The van der Waals surface area contributed by atoms with E-state index in [1.165, 1.54) is 32.1 Å². The van der Waals surface area contributed by atoms with E-state index < -0.39 is 0 Å². The Labute approximate surface area is 157 Å². The highest BCUT2D eigenvalue weighted by Crippen LogP contribution is 2.60. The van der Waals surface area contributed by atoms with Gasteiger partial charge in [-0.25, -0.2) is 0 Å². The van der Waals surface area contributed by atoms with Crippen molar-refractivity contribution in [2.75, 3.05) is 19.8 Å². The lowest BCUT2D eigenvalue weighted by atomic mass is 9.65. The zero-order valence-corrected chi connectivity index (χ0v) is 18.3. The fourth-order valence-corrected chi connectivity index (χ4v) is 6.24. The van der Waals surface area contributed by atoms with Crippen LogP contribution in [0.15, 0.2) is 0 Å². The molecule has 2 saturated carbocycles. The molecule has 0 saturated heterocycles. The topological polar surface area (TPSA) is 18.5 Å². The second kappa shape index (κ2) is 7.89. The van der Waals surface area contributed by atoms with Crippen LogP contribution in [0.25, 0.3) is 0 Å². The molecule has 0 aromatic rings. The van der Waals surface area contributed by atoms with Crippen LogP contribution >= 0.6 is 0 Å². The SMILES string of the molecule is CCOCC1C[C@@](C)(COC2CC(C)CC(C)(C)C2)C(C)(C)C1CC. The normalized spacial score (nSPS) is 40.3. The lowest BCUT2D eigenvalue weighted by molar-refractivity contribution is -0.0825. The largest absolute Gasteiger partial charge is 0.381 e. The quantitative estimate of drug-likeness (QED) is 0.533. The molecule has 0 N–H and O–H groups in total. The third-order valence-corrected chi connectivity index (χ3v) is 7.72. The van der Waals surface area contributed by atoms with E-state index >= 15 is 0 Å². The average Bonchev–Trinajstić information content (AvgIpc) is 2.67. The van der Waals surface area contributed by atoms with Gasteiger partial charge in [-0.2, -0.15) is 0 Å². The Balaban J connectivity index is 2.04. The van der Waals surface area contributed by atoms with Gasteiger partial charge in [-0.1, -0.05) is 54.9 Å². The van der Waals surface area contributed by atoms with Crippen LogP contribution in [-0.4, -0.2) is 25.9 Å². The molecule has 0 aliphatic heterocycles. The predicted octanol–water partition coefficient (Wildman–Crippen LogP) is 6.33. The Bertz CT molecular complexity index is 428. The summed E-state index contributed by atoms with van der Waals surface area (Å²) in [4.78, 5) is 0. The van der Waals surface area contributed by atoms with E-state index in [1.54, 1.807) is 0 Å². The summed E-state index contributed by atoms with van der Waals surface area (Å²) in [6, 6.07) is 0. The third kappa shape index (κ3) is 4.61. The second-order valence-corrected chi connectivity index (χ2v) is 10.8. The first kappa shape index (κ1) is 21.2. The van der Waals surface area contributed by atoms with Crippen LogP contribution in [0, 0.1) is 34.0 Å². The number of hydrogen-bond donors (Lipinski definition) is 0. The van der Waals surface area contributed by atoms with Gasteiger partial charge >= 0.3 is 0 Å². The van der Waals surface area contributed by atoms with Crippen molar-refractivity contribution in [1.82, 2.24) is 0 Å². The first-order valence-corrected chi connectivity index (χ1v) is 10.7. The van der Waals surface area contributed by atoms with E-state index in [2.05, 4.69) is 55.4 Å². The summed E-state index contributed by atoms with van der Waals surface area (Å²) in [7, 11) is 0. The minimum absolute atomic E-state index is 0.250. The monoisotopic (exact) mass is 352 g/mol. The molecule has 25 heavy (non-hydrogen) atoms. The molecule has 0 aromatic heterocycles. The Hall–Kier alpha value is -0.0800. The van der Waals surface area contributed by atoms with E-state index in [9.17, 15) is 0 Å². The van der Waals surface area contributed by atoms with Gasteiger partial charge in [0.2, 0.25) is 0 Å². The number of ether oxygens (including phenoxy) is 2. The molecule has 148 valence electrons. The van der Waals surface area contributed by atoms with Gasteiger partial charge in [0.15, 0.2) is 0 Å². The average molecular weight is 353 g/mol. The van der Waals surface area contributed by atoms with Crippen molar-refractivity contribution in [3.63, 3.8) is 0 Å². The lowest BCUT2D eigenvalue weighted by Gasteiger charge is -2.44. The molecule has 0 radical (unpaired) electrons. The van der Waals surface area contributed by atoms with Gasteiger partial charge in [0, 0.05) is 13.2 Å². The maximum absolute atomic E-state index is 6.62. The van der Waals surface area contributed by atoms with Gasteiger partial charge in [-0.15, -0.1) is 0 Å². The van der Waals surface area contributed by atoms with E-state index in [4.69, 9.17) is 9.47 Å². The smallest absolute Gasteiger partial charge is 0.0583 e.